The Labute approximate surface area is 97.1 Å². The molecule has 1 N–H and O–H groups in total. The number of benzene rings is 1. The Morgan fingerprint density at radius 1 is 1.06 bits per heavy atom. The first-order chi connectivity index (χ1) is 8.05. The normalized spacial score (nSPS) is 18.1. The van der Waals surface area contributed by atoms with Crippen LogP contribution >= 0.6 is 0 Å². The van der Waals surface area contributed by atoms with Crippen LogP contribution in [-0.4, -0.2) is 31.3 Å². The predicted molar refractivity (Wildman–Crippen MR) is 57.5 cm³/mol. The van der Waals surface area contributed by atoms with Crippen LogP contribution in [0.4, 0.5) is 18.9 Å². The predicted octanol–water partition coefficient (Wildman–Crippen LogP) is 2.36. The molecule has 0 unspecified atom stereocenters. The molecule has 1 aliphatic rings. The Hall–Kier alpha value is -1.27. The zero-order chi connectivity index (χ0) is 12.3. The van der Waals surface area contributed by atoms with E-state index in [1.807, 2.05) is 5.01 Å². The van der Waals surface area contributed by atoms with Crippen LogP contribution in [0.25, 0.3) is 0 Å². The molecule has 0 saturated carbocycles. The molecule has 0 atom stereocenters. The molecular weight excluding hydrogens is 233 g/mol. The lowest BCUT2D eigenvalue weighted by molar-refractivity contribution is -0.137. The Balaban J connectivity index is 1.98. The van der Waals surface area contributed by atoms with Crippen molar-refractivity contribution in [1.29, 1.82) is 0 Å². The summed E-state index contributed by atoms with van der Waals surface area (Å²) < 4.78 is 42.2. The summed E-state index contributed by atoms with van der Waals surface area (Å²) in [6.45, 7) is 2.71. The molecule has 0 radical (unpaired) electrons. The molecule has 1 aliphatic heterocycles. The minimum atomic E-state index is -4.28. The second-order valence-electron chi connectivity index (χ2n) is 3.79. The van der Waals surface area contributed by atoms with E-state index in [0.717, 1.165) is 25.2 Å². The summed E-state index contributed by atoms with van der Waals surface area (Å²) in [5, 5.41) is 1.92. The fourth-order valence-corrected chi connectivity index (χ4v) is 1.59. The largest absolute Gasteiger partial charge is 0.416 e. The van der Waals surface area contributed by atoms with E-state index in [9.17, 15) is 13.2 Å². The van der Waals surface area contributed by atoms with E-state index in [1.165, 1.54) is 12.1 Å². The van der Waals surface area contributed by atoms with Gasteiger partial charge in [0.1, 0.15) is 0 Å². The number of rotatable bonds is 2. The molecule has 1 aromatic carbocycles. The van der Waals surface area contributed by atoms with Crippen LogP contribution in [0.5, 0.6) is 0 Å². The first-order valence-electron chi connectivity index (χ1n) is 5.32. The third-order valence-electron chi connectivity index (χ3n) is 2.51. The number of nitrogens with zero attached hydrogens (tertiary/aromatic N) is 1. The van der Waals surface area contributed by atoms with Gasteiger partial charge >= 0.3 is 6.18 Å². The molecule has 1 aromatic rings. The van der Waals surface area contributed by atoms with E-state index in [2.05, 4.69) is 5.43 Å². The highest BCUT2D eigenvalue weighted by Crippen LogP contribution is 2.29. The van der Waals surface area contributed by atoms with Crippen molar-refractivity contribution in [1.82, 2.24) is 5.01 Å². The maximum atomic E-state index is 12.3. The van der Waals surface area contributed by atoms with Gasteiger partial charge in [-0.25, -0.2) is 5.01 Å². The summed E-state index contributed by atoms with van der Waals surface area (Å²) in [5.41, 5.74) is 3.06. The van der Waals surface area contributed by atoms with E-state index in [4.69, 9.17) is 4.74 Å². The van der Waals surface area contributed by atoms with E-state index < -0.39 is 11.7 Å². The number of ether oxygens (including phenoxy) is 1. The number of anilines is 1. The molecule has 6 heteroatoms. The number of alkyl halides is 3. The molecule has 0 aromatic heterocycles. The quantitative estimate of drug-likeness (QED) is 0.867. The SMILES string of the molecule is FC(F)(F)c1ccc(NN2CCOCC2)cc1. The molecule has 3 nitrogen and oxygen atoms in total. The van der Waals surface area contributed by atoms with Crippen LogP contribution in [0.15, 0.2) is 24.3 Å². The summed E-state index contributed by atoms with van der Waals surface area (Å²) in [6, 6.07) is 5.00. The number of halogens is 3. The van der Waals surface area contributed by atoms with Crippen molar-refractivity contribution >= 4 is 5.69 Å². The average Bonchev–Trinajstić information content (AvgIpc) is 2.30. The second-order valence-corrected chi connectivity index (χ2v) is 3.79. The van der Waals surface area contributed by atoms with Gasteiger partial charge in [0.15, 0.2) is 0 Å². The number of hydrogen-bond acceptors (Lipinski definition) is 3. The zero-order valence-corrected chi connectivity index (χ0v) is 9.13. The van der Waals surface area contributed by atoms with Gasteiger partial charge < -0.3 is 10.2 Å². The second kappa shape index (κ2) is 4.93. The van der Waals surface area contributed by atoms with Crippen LogP contribution in [-0.2, 0) is 10.9 Å². The maximum Gasteiger partial charge on any atom is 0.416 e. The molecular formula is C11H13F3N2O. The smallest absolute Gasteiger partial charge is 0.379 e. The fraction of sp³-hybridized carbons (Fsp3) is 0.455. The average molecular weight is 246 g/mol. The lowest BCUT2D eigenvalue weighted by Crippen LogP contribution is -2.40. The number of hydrazine groups is 1. The van der Waals surface area contributed by atoms with E-state index >= 15 is 0 Å². The number of nitrogens with one attached hydrogen (secondary N) is 1. The van der Waals surface area contributed by atoms with Crippen molar-refractivity contribution < 1.29 is 17.9 Å². The highest BCUT2D eigenvalue weighted by atomic mass is 19.4. The Morgan fingerprint density at radius 2 is 1.65 bits per heavy atom. The lowest BCUT2D eigenvalue weighted by atomic mass is 10.2. The van der Waals surface area contributed by atoms with Crippen LogP contribution in [0, 0.1) is 0 Å². The van der Waals surface area contributed by atoms with Gasteiger partial charge in [-0.3, -0.25) is 0 Å². The lowest BCUT2D eigenvalue weighted by Gasteiger charge is -2.28. The molecule has 0 spiro atoms. The first-order valence-corrected chi connectivity index (χ1v) is 5.32. The molecule has 0 bridgehead atoms. The van der Waals surface area contributed by atoms with Gasteiger partial charge in [0.25, 0.3) is 0 Å². The highest BCUT2D eigenvalue weighted by Gasteiger charge is 2.29. The van der Waals surface area contributed by atoms with E-state index in [-0.39, 0.29) is 0 Å². The van der Waals surface area contributed by atoms with Crippen molar-refractivity contribution in [2.75, 3.05) is 31.7 Å². The van der Waals surface area contributed by atoms with Gasteiger partial charge in [0.2, 0.25) is 0 Å². The molecule has 0 aliphatic carbocycles. The van der Waals surface area contributed by atoms with Crippen molar-refractivity contribution in [2.45, 2.75) is 6.18 Å². The van der Waals surface area contributed by atoms with E-state index in [0.29, 0.717) is 18.9 Å². The summed E-state index contributed by atoms with van der Waals surface area (Å²) in [7, 11) is 0. The number of morpholine rings is 1. The molecule has 2 rings (SSSR count). The van der Waals surface area contributed by atoms with Crippen LogP contribution in [0.3, 0.4) is 0 Å². The Kier molecular flexibility index (Phi) is 3.54. The molecule has 94 valence electrons. The zero-order valence-electron chi connectivity index (χ0n) is 9.13. The maximum absolute atomic E-state index is 12.3. The summed E-state index contributed by atoms with van der Waals surface area (Å²) in [5.74, 6) is 0. The van der Waals surface area contributed by atoms with Gasteiger partial charge in [-0.15, -0.1) is 0 Å². The van der Waals surface area contributed by atoms with Gasteiger partial charge in [-0.2, -0.15) is 13.2 Å². The highest BCUT2D eigenvalue weighted by molar-refractivity contribution is 5.44. The molecule has 17 heavy (non-hydrogen) atoms. The minimum absolute atomic E-state index is 0.633. The van der Waals surface area contributed by atoms with Gasteiger partial charge in [-0.1, -0.05) is 0 Å². The summed E-state index contributed by atoms with van der Waals surface area (Å²) >= 11 is 0. The van der Waals surface area contributed by atoms with Gasteiger partial charge in [-0.05, 0) is 24.3 Å². The standard InChI is InChI=1S/C11H13F3N2O/c12-11(13,14)9-1-3-10(4-2-9)15-16-5-7-17-8-6-16/h1-4,15H,5-8H2. The van der Waals surface area contributed by atoms with Crippen LogP contribution in [0.2, 0.25) is 0 Å². The van der Waals surface area contributed by atoms with Gasteiger partial charge in [0.05, 0.1) is 18.8 Å². The van der Waals surface area contributed by atoms with Crippen LogP contribution < -0.4 is 5.43 Å². The first kappa shape index (κ1) is 12.2. The molecule has 0 amide bonds. The van der Waals surface area contributed by atoms with Crippen molar-refractivity contribution in [3.8, 4) is 0 Å². The Morgan fingerprint density at radius 3 is 2.18 bits per heavy atom. The topological polar surface area (TPSA) is 24.5 Å². The molecule has 1 heterocycles. The fourth-order valence-electron chi connectivity index (χ4n) is 1.59. The van der Waals surface area contributed by atoms with Crippen molar-refractivity contribution in [2.24, 2.45) is 0 Å². The summed E-state index contributed by atoms with van der Waals surface area (Å²) in [6.07, 6.45) is -4.28. The van der Waals surface area contributed by atoms with E-state index in [1.54, 1.807) is 0 Å². The molecule has 1 saturated heterocycles. The summed E-state index contributed by atoms with van der Waals surface area (Å²) in [4.78, 5) is 0. The van der Waals surface area contributed by atoms with Crippen molar-refractivity contribution in [3.05, 3.63) is 29.8 Å². The number of hydrogen-bond donors (Lipinski definition) is 1. The Bertz CT molecular complexity index is 358. The van der Waals surface area contributed by atoms with Crippen molar-refractivity contribution in [3.63, 3.8) is 0 Å². The van der Waals surface area contributed by atoms with Gasteiger partial charge in [0, 0.05) is 18.8 Å². The monoisotopic (exact) mass is 246 g/mol. The third-order valence-corrected chi connectivity index (χ3v) is 2.51. The molecule has 1 fully saturated rings. The minimum Gasteiger partial charge on any atom is -0.379 e. The third kappa shape index (κ3) is 3.34. The van der Waals surface area contributed by atoms with Crippen LogP contribution in [0.1, 0.15) is 5.56 Å².